The van der Waals surface area contributed by atoms with Crippen LogP contribution in [-0.4, -0.2) is 19.9 Å². The smallest absolute Gasteiger partial charge is 0.210 e. The predicted octanol–water partition coefficient (Wildman–Crippen LogP) is 3.67. The highest BCUT2D eigenvalue weighted by atomic mass is 32.2. The number of oxazole rings is 1. The SMILES string of the molecule is Nn1c(Cc2ccccc2F)nnc1SCc1ncc(-c2ccccc2)o1. The number of thioether (sulfide) groups is 1. The summed E-state index contributed by atoms with van der Waals surface area (Å²) in [5, 5.41) is 8.66. The molecule has 0 aliphatic carbocycles. The Hall–Kier alpha value is -3.13. The fourth-order valence-corrected chi connectivity index (χ4v) is 3.31. The van der Waals surface area contributed by atoms with Crippen LogP contribution in [-0.2, 0) is 12.2 Å². The van der Waals surface area contributed by atoms with Crippen LogP contribution in [0, 0.1) is 5.82 Å². The number of hydrogen-bond acceptors (Lipinski definition) is 6. The highest BCUT2D eigenvalue weighted by molar-refractivity contribution is 7.98. The van der Waals surface area contributed by atoms with E-state index in [1.54, 1.807) is 24.4 Å². The molecule has 2 heterocycles. The highest BCUT2D eigenvalue weighted by Gasteiger charge is 2.14. The topological polar surface area (TPSA) is 82.8 Å². The zero-order chi connectivity index (χ0) is 18.6. The number of benzene rings is 2. The van der Waals surface area contributed by atoms with Crippen LogP contribution < -0.4 is 5.84 Å². The van der Waals surface area contributed by atoms with Gasteiger partial charge >= 0.3 is 0 Å². The summed E-state index contributed by atoms with van der Waals surface area (Å²) in [6.45, 7) is 0. The molecule has 136 valence electrons. The highest BCUT2D eigenvalue weighted by Crippen LogP contribution is 2.25. The molecular weight excluding hydrogens is 365 g/mol. The van der Waals surface area contributed by atoms with Crippen LogP contribution in [0.1, 0.15) is 17.3 Å². The van der Waals surface area contributed by atoms with Crippen molar-refractivity contribution in [3.8, 4) is 11.3 Å². The molecule has 0 unspecified atom stereocenters. The average molecular weight is 381 g/mol. The summed E-state index contributed by atoms with van der Waals surface area (Å²) >= 11 is 1.36. The first kappa shape index (κ1) is 17.3. The van der Waals surface area contributed by atoms with Crippen molar-refractivity contribution in [2.75, 3.05) is 5.84 Å². The van der Waals surface area contributed by atoms with Gasteiger partial charge in [0.25, 0.3) is 0 Å². The summed E-state index contributed by atoms with van der Waals surface area (Å²) < 4.78 is 20.9. The second-order valence-electron chi connectivity index (χ2n) is 5.81. The molecule has 0 amide bonds. The molecule has 0 atom stereocenters. The van der Waals surface area contributed by atoms with Crippen LogP contribution in [0.2, 0.25) is 0 Å². The van der Waals surface area contributed by atoms with Gasteiger partial charge in [0.05, 0.1) is 11.9 Å². The molecule has 0 spiro atoms. The second kappa shape index (κ2) is 7.63. The normalized spacial score (nSPS) is 11.0. The van der Waals surface area contributed by atoms with Crippen molar-refractivity contribution in [3.05, 3.63) is 83.9 Å². The third-order valence-electron chi connectivity index (χ3n) is 3.98. The molecule has 0 radical (unpaired) electrons. The van der Waals surface area contributed by atoms with Crippen molar-refractivity contribution >= 4 is 11.8 Å². The van der Waals surface area contributed by atoms with E-state index in [2.05, 4.69) is 15.2 Å². The van der Waals surface area contributed by atoms with E-state index in [1.807, 2.05) is 30.3 Å². The minimum atomic E-state index is -0.289. The van der Waals surface area contributed by atoms with Crippen LogP contribution in [0.5, 0.6) is 0 Å². The van der Waals surface area contributed by atoms with Crippen molar-refractivity contribution in [1.82, 2.24) is 19.9 Å². The molecule has 2 N–H and O–H groups in total. The second-order valence-corrected chi connectivity index (χ2v) is 6.75. The zero-order valence-corrected chi connectivity index (χ0v) is 15.1. The molecule has 4 aromatic rings. The van der Waals surface area contributed by atoms with Gasteiger partial charge in [0.2, 0.25) is 11.0 Å². The van der Waals surface area contributed by atoms with Gasteiger partial charge in [-0.2, -0.15) is 0 Å². The molecule has 4 rings (SSSR count). The standard InChI is InChI=1S/C19H16FN5OS/c20-15-9-5-4-8-14(15)10-17-23-24-19(25(17)21)27-12-18-22-11-16(26-18)13-6-2-1-3-7-13/h1-9,11H,10,12,21H2. The molecular formula is C19H16FN5OS. The predicted molar refractivity (Wildman–Crippen MR) is 101 cm³/mol. The van der Waals surface area contributed by atoms with Crippen molar-refractivity contribution in [1.29, 1.82) is 0 Å². The Morgan fingerprint density at radius 2 is 1.81 bits per heavy atom. The number of nitrogens with two attached hydrogens (primary N) is 1. The maximum Gasteiger partial charge on any atom is 0.210 e. The lowest BCUT2D eigenvalue weighted by atomic mass is 10.1. The quantitative estimate of drug-likeness (QED) is 0.405. The van der Waals surface area contributed by atoms with E-state index in [-0.39, 0.29) is 12.2 Å². The summed E-state index contributed by atoms with van der Waals surface area (Å²) in [5.74, 6) is 7.99. The Morgan fingerprint density at radius 1 is 1.04 bits per heavy atom. The van der Waals surface area contributed by atoms with E-state index in [0.29, 0.717) is 33.9 Å². The molecule has 2 aromatic carbocycles. The first-order valence-electron chi connectivity index (χ1n) is 8.26. The maximum absolute atomic E-state index is 13.8. The molecule has 6 nitrogen and oxygen atoms in total. The van der Waals surface area contributed by atoms with E-state index in [4.69, 9.17) is 10.3 Å². The van der Waals surface area contributed by atoms with Gasteiger partial charge in [-0.05, 0) is 11.6 Å². The van der Waals surface area contributed by atoms with E-state index in [9.17, 15) is 4.39 Å². The van der Waals surface area contributed by atoms with Gasteiger partial charge < -0.3 is 10.3 Å². The van der Waals surface area contributed by atoms with E-state index in [0.717, 1.165) is 5.56 Å². The van der Waals surface area contributed by atoms with Gasteiger partial charge in [-0.1, -0.05) is 60.3 Å². The first-order valence-corrected chi connectivity index (χ1v) is 9.25. The molecule has 27 heavy (non-hydrogen) atoms. The van der Waals surface area contributed by atoms with Gasteiger partial charge in [0, 0.05) is 12.0 Å². The Balaban J connectivity index is 1.43. The minimum Gasteiger partial charge on any atom is -0.440 e. The van der Waals surface area contributed by atoms with Gasteiger partial charge in [0.1, 0.15) is 5.82 Å². The summed E-state index contributed by atoms with van der Waals surface area (Å²) in [7, 11) is 0. The Labute approximate surface area is 159 Å². The van der Waals surface area contributed by atoms with Crippen molar-refractivity contribution in [3.63, 3.8) is 0 Å². The van der Waals surface area contributed by atoms with Gasteiger partial charge in [-0.3, -0.25) is 0 Å². The number of rotatable bonds is 6. The lowest BCUT2D eigenvalue weighted by Gasteiger charge is -2.04. The number of nitrogens with zero attached hydrogens (tertiary/aromatic N) is 4. The number of hydrogen-bond donors (Lipinski definition) is 1. The fourth-order valence-electron chi connectivity index (χ4n) is 2.58. The largest absolute Gasteiger partial charge is 0.440 e. The summed E-state index contributed by atoms with van der Waals surface area (Å²) in [6.07, 6.45) is 1.97. The van der Waals surface area contributed by atoms with Gasteiger partial charge in [0.15, 0.2) is 11.6 Å². The third kappa shape index (κ3) is 3.85. The van der Waals surface area contributed by atoms with Crippen LogP contribution in [0.25, 0.3) is 11.3 Å². The van der Waals surface area contributed by atoms with Crippen LogP contribution in [0.15, 0.2) is 70.4 Å². The summed E-state index contributed by atoms with van der Waals surface area (Å²) in [5.41, 5.74) is 1.49. The Kier molecular flexibility index (Phi) is 4.88. The van der Waals surface area contributed by atoms with Crippen molar-refractivity contribution < 1.29 is 8.81 Å². The first-order chi connectivity index (χ1) is 13.2. The van der Waals surface area contributed by atoms with Crippen LogP contribution in [0.3, 0.4) is 0 Å². The number of nitrogen functional groups attached to an aromatic ring is 1. The molecule has 0 aliphatic heterocycles. The molecule has 0 fully saturated rings. The third-order valence-corrected chi connectivity index (χ3v) is 4.91. The molecule has 2 aromatic heterocycles. The zero-order valence-electron chi connectivity index (χ0n) is 14.2. The number of halogens is 1. The molecule has 8 heteroatoms. The lowest BCUT2D eigenvalue weighted by molar-refractivity contribution is 0.529. The molecule has 0 bridgehead atoms. The summed E-state index contributed by atoms with van der Waals surface area (Å²) in [4.78, 5) is 4.29. The molecule has 0 saturated carbocycles. The van der Waals surface area contributed by atoms with Crippen LogP contribution >= 0.6 is 11.8 Å². The summed E-state index contributed by atoms with van der Waals surface area (Å²) in [6, 6.07) is 16.3. The van der Waals surface area contributed by atoms with Crippen molar-refractivity contribution in [2.24, 2.45) is 0 Å². The Morgan fingerprint density at radius 3 is 2.63 bits per heavy atom. The van der Waals surface area contributed by atoms with Gasteiger partial charge in [-0.15, -0.1) is 10.2 Å². The maximum atomic E-state index is 13.8. The van der Waals surface area contributed by atoms with Gasteiger partial charge in [-0.25, -0.2) is 14.1 Å². The average Bonchev–Trinajstić information content (AvgIpc) is 3.30. The minimum absolute atomic E-state index is 0.272. The molecule has 0 saturated heterocycles. The monoisotopic (exact) mass is 381 g/mol. The Bertz CT molecular complexity index is 1050. The van der Waals surface area contributed by atoms with E-state index in [1.165, 1.54) is 22.5 Å². The van der Waals surface area contributed by atoms with E-state index < -0.39 is 0 Å². The lowest BCUT2D eigenvalue weighted by Crippen LogP contribution is -2.14. The number of aromatic nitrogens is 4. The van der Waals surface area contributed by atoms with Crippen LogP contribution in [0.4, 0.5) is 4.39 Å². The van der Waals surface area contributed by atoms with Crippen molar-refractivity contribution in [2.45, 2.75) is 17.3 Å². The molecule has 0 aliphatic rings. The van der Waals surface area contributed by atoms with E-state index >= 15 is 0 Å². The fraction of sp³-hybridized carbons (Fsp3) is 0.105.